The van der Waals surface area contributed by atoms with Crippen molar-refractivity contribution in [2.75, 3.05) is 23.4 Å². The molecule has 0 bridgehead atoms. The molecule has 9 heteroatoms. The van der Waals surface area contributed by atoms with Crippen LogP contribution in [0.25, 0.3) is 0 Å². The highest BCUT2D eigenvalue weighted by molar-refractivity contribution is 7.91. The van der Waals surface area contributed by atoms with E-state index in [1.807, 2.05) is 0 Å². The van der Waals surface area contributed by atoms with Crippen LogP contribution < -0.4 is 10.6 Å². The Morgan fingerprint density at radius 1 is 1.40 bits per heavy atom. The second-order valence-corrected chi connectivity index (χ2v) is 6.29. The van der Waals surface area contributed by atoms with E-state index in [0.29, 0.717) is 0 Å². The maximum Gasteiger partial charge on any atom is 0.356 e. The molecular weight excluding hydrogens is 286 g/mol. The van der Waals surface area contributed by atoms with E-state index in [2.05, 4.69) is 15.6 Å². The minimum absolute atomic E-state index is 0.00205. The number of rotatable bonds is 6. The van der Waals surface area contributed by atoms with Crippen LogP contribution in [-0.4, -0.2) is 48.6 Å². The number of sulfone groups is 1. The smallest absolute Gasteiger partial charge is 0.356 e. The second kappa shape index (κ2) is 6.85. The summed E-state index contributed by atoms with van der Waals surface area (Å²) < 4.78 is 22.4. The van der Waals surface area contributed by atoms with Crippen molar-refractivity contribution in [3.63, 3.8) is 0 Å². The summed E-state index contributed by atoms with van der Waals surface area (Å²) in [4.78, 5) is 26.0. The SMILES string of the molecule is CCS(=O)(=O)CCNC(=O)Nc1cccnc1C(=O)O. The average Bonchev–Trinajstić information content (AvgIpc) is 2.39. The first-order valence-electron chi connectivity index (χ1n) is 5.79. The van der Waals surface area contributed by atoms with E-state index in [1.54, 1.807) is 0 Å². The van der Waals surface area contributed by atoms with E-state index < -0.39 is 21.8 Å². The van der Waals surface area contributed by atoms with Gasteiger partial charge in [-0.2, -0.15) is 0 Å². The maximum atomic E-state index is 11.5. The van der Waals surface area contributed by atoms with Crippen LogP contribution >= 0.6 is 0 Å². The lowest BCUT2D eigenvalue weighted by Gasteiger charge is -2.09. The summed E-state index contributed by atoms with van der Waals surface area (Å²) in [6.45, 7) is 1.47. The first-order valence-corrected chi connectivity index (χ1v) is 7.61. The molecule has 0 saturated heterocycles. The predicted octanol–water partition coefficient (Wildman–Crippen LogP) is 0.336. The van der Waals surface area contributed by atoms with Crippen molar-refractivity contribution in [1.82, 2.24) is 10.3 Å². The van der Waals surface area contributed by atoms with E-state index in [9.17, 15) is 18.0 Å². The zero-order valence-corrected chi connectivity index (χ0v) is 11.6. The fourth-order valence-corrected chi connectivity index (χ4v) is 2.01. The number of carboxylic acid groups (broad SMARTS) is 1. The summed E-state index contributed by atoms with van der Waals surface area (Å²) >= 11 is 0. The highest BCUT2D eigenvalue weighted by atomic mass is 32.2. The molecule has 0 atom stereocenters. The van der Waals surface area contributed by atoms with Gasteiger partial charge in [0.15, 0.2) is 15.5 Å². The van der Waals surface area contributed by atoms with E-state index in [4.69, 9.17) is 5.11 Å². The number of aromatic carboxylic acids is 1. The number of hydrogen-bond donors (Lipinski definition) is 3. The topological polar surface area (TPSA) is 125 Å². The van der Waals surface area contributed by atoms with Crippen LogP contribution in [0.15, 0.2) is 18.3 Å². The van der Waals surface area contributed by atoms with Crippen LogP contribution in [0.5, 0.6) is 0 Å². The lowest BCUT2D eigenvalue weighted by molar-refractivity contribution is 0.0691. The Balaban J connectivity index is 2.57. The van der Waals surface area contributed by atoms with Crippen molar-refractivity contribution in [2.45, 2.75) is 6.92 Å². The van der Waals surface area contributed by atoms with E-state index in [0.717, 1.165) is 0 Å². The van der Waals surface area contributed by atoms with Gasteiger partial charge < -0.3 is 15.7 Å². The van der Waals surface area contributed by atoms with Gasteiger partial charge >= 0.3 is 12.0 Å². The maximum absolute atomic E-state index is 11.5. The molecule has 110 valence electrons. The normalized spacial score (nSPS) is 10.8. The molecule has 0 fully saturated rings. The Morgan fingerprint density at radius 3 is 2.70 bits per heavy atom. The molecule has 1 aromatic rings. The third-order valence-electron chi connectivity index (χ3n) is 2.40. The number of nitrogens with zero attached hydrogens (tertiary/aromatic N) is 1. The number of urea groups is 1. The van der Waals surface area contributed by atoms with Crippen molar-refractivity contribution in [1.29, 1.82) is 0 Å². The first kappa shape index (κ1) is 15.9. The molecule has 8 nitrogen and oxygen atoms in total. The summed E-state index contributed by atoms with van der Waals surface area (Å²) in [7, 11) is -3.16. The van der Waals surface area contributed by atoms with Crippen LogP contribution in [0.3, 0.4) is 0 Å². The summed E-state index contributed by atoms with van der Waals surface area (Å²) in [6.07, 6.45) is 1.29. The monoisotopic (exact) mass is 301 g/mol. The Morgan fingerprint density at radius 2 is 2.10 bits per heavy atom. The van der Waals surface area contributed by atoms with Crippen LogP contribution in [-0.2, 0) is 9.84 Å². The Bertz CT molecular complexity index is 600. The second-order valence-electron chi connectivity index (χ2n) is 3.82. The molecule has 0 radical (unpaired) electrons. The van der Waals surface area contributed by atoms with Gasteiger partial charge in [-0.1, -0.05) is 6.92 Å². The van der Waals surface area contributed by atoms with Gasteiger partial charge in [0.2, 0.25) is 0 Å². The molecule has 0 aliphatic carbocycles. The van der Waals surface area contributed by atoms with Crippen LogP contribution in [0, 0.1) is 0 Å². The number of amides is 2. The molecule has 0 aliphatic rings. The van der Waals surface area contributed by atoms with Crippen LogP contribution in [0.1, 0.15) is 17.4 Å². The molecule has 20 heavy (non-hydrogen) atoms. The lowest BCUT2D eigenvalue weighted by Crippen LogP contribution is -2.33. The number of anilines is 1. The summed E-state index contributed by atoms with van der Waals surface area (Å²) in [5.74, 6) is -1.44. The largest absolute Gasteiger partial charge is 0.476 e. The molecule has 0 spiro atoms. The van der Waals surface area contributed by atoms with Gasteiger partial charge in [-0.15, -0.1) is 0 Å². The van der Waals surface area contributed by atoms with Gasteiger partial charge in [-0.25, -0.2) is 23.0 Å². The highest BCUT2D eigenvalue weighted by Gasteiger charge is 2.13. The zero-order valence-electron chi connectivity index (χ0n) is 10.8. The van der Waals surface area contributed by atoms with Gasteiger partial charge in [-0.3, -0.25) is 0 Å². The molecule has 0 unspecified atom stereocenters. The number of carboxylic acids is 1. The number of aromatic nitrogens is 1. The number of hydrogen-bond acceptors (Lipinski definition) is 5. The fraction of sp³-hybridized carbons (Fsp3) is 0.364. The minimum Gasteiger partial charge on any atom is -0.476 e. The molecular formula is C11H15N3O5S. The van der Waals surface area contributed by atoms with Crippen molar-refractivity contribution >= 4 is 27.5 Å². The average molecular weight is 301 g/mol. The molecule has 0 aliphatic heterocycles. The Hall–Kier alpha value is -2.16. The van der Waals surface area contributed by atoms with E-state index in [-0.39, 0.29) is 29.4 Å². The van der Waals surface area contributed by atoms with Gasteiger partial charge in [0.25, 0.3) is 0 Å². The van der Waals surface area contributed by atoms with E-state index in [1.165, 1.54) is 25.3 Å². The summed E-state index contributed by atoms with van der Waals surface area (Å²) in [5.41, 5.74) is -0.250. The molecule has 0 aromatic carbocycles. The molecule has 1 aromatic heterocycles. The Labute approximate surface area is 116 Å². The standard InChI is InChI=1S/C11H15N3O5S/c1-2-20(18,19)7-6-13-11(17)14-8-4-3-5-12-9(8)10(15)16/h3-5H,2,6-7H2,1H3,(H,15,16)(H2,13,14,17). The summed E-state index contributed by atoms with van der Waals surface area (Å²) in [5, 5.41) is 13.5. The van der Waals surface area contributed by atoms with Crippen molar-refractivity contribution in [3.05, 3.63) is 24.0 Å². The van der Waals surface area contributed by atoms with Gasteiger partial charge in [0, 0.05) is 18.5 Å². The first-order chi connectivity index (χ1) is 9.35. The van der Waals surface area contributed by atoms with Gasteiger partial charge in [0.1, 0.15) is 0 Å². The van der Waals surface area contributed by atoms with Crippen LogP contribution in [0.4, 0.5) is 10.5 Å². The number of pyridine rings is 1. The summed E-state index contributed by atoms with van der Waals surface area (Å²) in [6, 6.07) is 2.18. The molecule has 0 saturated carbocycles. The minimum atomic E-state index is -3.16. The van der Waals surface area contributed by atoms with Crippen molar-refractivity contribution in [3.8, 4) is 0 Å². The van der Waals surface area contributed by atoms with Gasteiger partial charge in [-0.05, 0) is 12.1 Å². The number of carbonyl (C=O) groups is 2. The van der Waals surface area contributed by atoms with E-state index >= 15 is 0 Å². The third-order valence-corrected chi connectivity index (χ3v) is 4.10. The molecule has 2 amide bonds. The van der Waals surface area contributed by atoms with Crippen molar-refractivity contribution < 1.29 is 23.1 Å². The fourth-order valence-electron chi connectivity index (χ4n) is 1.31. The molecule has 3 N–H and O–H groups in total. The molecule has 1 heterocycles. The highest BCUT2D eigenvalue weighted by Crippen LogP contribution is 2.11. The van der Waals surface area contributed by atoms with Crippen LogP contribution in [0.2, 0.25) is 0 Å². The lowest BCUT2D eigenvalue weighted by atomic mass is 10.3. The predicted molar refractivity (Wildman–Crippen MR) is 72.5 cm³/mol. The van der Waals surface area contributed by atoms with Gasteiger partial charge in [0.05, 0.1) is 11.4 Å². The molecule has 1 rings (SSSR count). The Kier molecular flexibility index (Phi) is 5.44. The quantitative estimate of drug-likeness (QED) is 0.695. The number of nitrogens with one attached hydrogen (secondary N) is 2. The zero-order chi connectivity index (χ0) is 15.2. The van der Waals surface area contributed by atoms with Crippen molar-refractivity contribution in [2.24, 2.45) is 0 Å². The third kappa shape index (κ3) is 4.84. The number of carbonyl (C=O) groups excluding carboxylic acids is 1.